The summed E-state index contributed by atoms with van der Waals surface area (Å²) in [6.45, 7) is 1.54. The molecule has 1 aromatic carbocycles. The van der Waals surface area contributed by atoms with Crippen LogP contribution in [0, 0.1) is 6.92 Å². The van der Waals surface area contributed by atoms with Crippen molar-refractivity contribution in [2.24, 2.45) is 0 Å². The number of rotatable bonds is 3. The molecule has 0 spiro atoms. The van der Waals surface area contributed by atoms with Crippen LogP contribution in [0.15, 0.2) is 53.1 Å². The number of nitrogens with zero attached hydrogens (tertiary/aromatic N) is 2. The van der Waals surface area contributed by atoms with E-state index >= 15 is 0 Å². The lowest BCUT2D eigenvalue weighted by Gasteiger charge is -2.07. The van der Waals surface area contributed by atoms with Gasteiger partial charge in [0.2, 0.25) is 0 Å². The number of furan rings is 1. The maximum absolute atomic E-state index is 12.7. The molecule has 0 radical (unpaired) electrons. The van der Waals surface area contributed by atoms with Gasteiger partial charge in [-0.2, -0.15) is 18.3 Å². The van der Waals surface area contributed by atoms with Gasteiger partial charge < -0.3 is 9.73 Å². The summed E-state index contributed by atoms with van der Waals surface area (Å²) in [5.41, 5.74) is 0.352. The number of anilines is 1. The molecule has 0 atom stereocenters. The van der Waals surface area contributed by atoms with Gasteiger partial charge in [0.05, 0.1) is 12.0 Å². The molecule has 3 aromatic rings. The average molecular weight is 335 g/mol. The first kappa shape index (κ1) is 15.9. The summed E-state index contributed by atoms with van der Waals surface area (Å²) in [4.78, 5) is 11.9. The van der Waals surface area contributed by atoms with Crippen LogP contribution in [0.1, 0.15) is 21.9 Å². The Bertz CT molecular complexity index is 850. The van der Waals surface area contributed by atoms with Crippen molar-refractivity contribution in [1.82, 2.24) is 9.78 Å². The van der Waals surface area contributed by atoms with Crippen molar-refractivity contribution >= 4 is 11.6 Å². The standard InChI is InChI=1S/C16H12F3N3O2/c1-10-9-14(16(17,18)19)21-22(10)12-6-4-11(5-7-12)20-15(23)13-3-2-8-24-13/h2-9H,1H3,(H,20,23). The van der Waals surface area contributed by atoms with Gasteiger partial charge in [0.25, 0.3) is 5.91 Å². The molecule has 24 heavy (non-hydrogen) atoms. The van der Waals surface area contributed by atoms with E-state index in [1.165, 1.54) is 23.9 Å². The zero-order chi connectivity index (χ0) is 17.3. The zero-order valence-electron chi connectivity index (χ0n) is 12.5. The lowest BCUT2D eigenvalue weighted by atomic mass is 10.2. The normalized spacial score (nSPS) is 11.5. The Balaban J connectivity index is 1.80. The van der Waals surface area contributed by atoms with Gasteiger partial charge in [-0.05, 0) is 49.4 Å². The lowest BCUT2D eigenvalue weighted by molar-refractivity contribution is -0.141. The third-order valence-electron chi connectivity index (χ3n) is 3.29. The summed E-state index contributed by atoms with van der Waals surface area (Å²) in [7, 11) is 0. The summed E-state index contributed by atoms with van der Waals surface area (Å²) in [6, 6.07) is 10.4. The molecule has 0 fully saturated rings. The molecule has 2 aromatic heterocycles. The second kappa shape index (κ2) is 5.88. The summed E-state index contributed by atoms with van der Waals surface area (Å²) in [6.07, 6.45) is -3.11. The van der Waals surface area contributed by atoms with E-state index in [2.05, 4.69) is 10.4 Å². The second-order valence-electron chi connectivity index (χ2n) is 5.06. The van der Waals surface area contributed by atoms with Crippen LogP contribution in [-0.4, -0.2) is 15.7 Å². The average Bonchev–Trinajstić information content (AvgIpc) is 3.17. The molecule has 0 unspecified atom stereocenters. The highest BCUT2D eigenvalue weighted by Crippen LogP contribution is 2.29. The molecule has 0 aliphatic carbocycles. The van der Waals surface area contributed by atoms with Crippen LogP contribution in [-0.2, 0) is 6.18 Å². The fourth-order valence-electron chi connectivity index (χ4n) is 2.16. The van der Waals surface area contributed by atoms with Crippen LogP contribution in [0.3, 0.4) is 0 Å². The lowest BCUT2D eigenvalue weighted by Crippen LogP contribution is -2.11. The number of alkyl halides is 3. The zero-order valence-corrected chi connectivity index (χ0v) is 12.5. The van der Waals surface area contributed by atoms with E-state index < -0.39 is 17.8 Å². The van der Waals surface area contributed by atoms with E-state index in [0.29, 0.717) is 17.1 Å². The van der Waals surface area contributed by atoms with E-state index in [0.717, 1.165) is 6.07 Å². The number of nitrogens with one attached hydrogen (secondary N) is 1. The van der Waals surface area contributed by atoms with Crippen molar-refractivity contribution in [1.29, 1.82) is 0 Å². The van der Waals surface area contributed by atoms with E-state index in [-0.39, 0.29) is 5.76 Å². The van der Waals surface area contributed by atoms with Crippen LogP contribution < -0.4 is 5.32 Å². The summed E-state index contributed by atoms with van der Waals surface area (Å²) >= 11 is 0. The summed E-state index contributed by atoms with van der Waals surface area (Å²) in [5.74, 6) is -0.251. The highest BCUT2D eigenvalue weighted by Gasteiger charge is 2.34. The van der Waals surface area contributed by atoms with E-state index in [4.69, 9.17) is 4.42 Å². The maximum Gasteiger partial charge on any atom is 0.435 e. The number of aromatic nitrogens is 2. The minimum absolute atomic E-state index is 0.164. The van der Waals surface area contributed by atoms with E-state index in [1.807, 2.05) is 0 Å². The Hall–Kier alpha value is -3.03. The Kier molecular flexibility index (Phi) is 3.88. The SMILES string of the molecule is Cc1cc(C(F)(F)F)nn1-c1ccc(NC(=O)c2ccco2)cc1. The third kappa shape index (κ3) is 3.17. The first-order valence-electron chi connectivity index (χ1n) is 6.94. The Labute approximate surface area is 134 Å². The molecule has 0 aliphatic heterocycles. The van der Waals surface area contributed by atoms with Gasteiger partial charge in [0.15, 0.2) is 11.5 Å². The monoisotopic (exact) mass is 335 g/mol. The molecule has 0 bridgehead atoms. The van der Waals surface area contributed by atoms with Gasteiger partial charge in [-0.3, -0.25) is 4.79 Å². The number of carbonyl (C=O) groups excluding carboxylic acids is 1. The van der Waals surface area contributed by atoms with Crippen LogP contribution >= 0.6 is 0 Å². The third-order valence-corrected chi connectivity index (χ3v) is 3.29. The second-order valence-corrected chi connectivity index (χ2v) is 5.06. The fraction of sp³-hybridized carbons (Fsp3) is 0.125. The van der Waals surface area contributed by atoms with Gasteiger partial charge in [-0.1, -0.05) is 0 Å². The maximum atomic E-state index is 12.7. The van der Waals surface area contributed by atoms with Crippen molar-refractivity contribution in [3.05, 3.63) is 65.9 Å². The van der Waals surface area contributed by atoms with Gasteiger partial charge in [0, 0.05) is 11.4 Å². The fourth-order valence-corrected chi connectivity index (χ4v) is 2.16. The van der Waals surface area contributed by atoms with Crippen molar-refractivity contribution < 1.29 is 22.4 Å². The molecule has 3 rings (SSSR count). The first-order chi connectivity index (χ1) is 11.3. The van der Waals surface area contributed by atoms with Crippen molar-refractivity contribution in [2.45, 2.75) is 13.1 Å². The van der Waals surface area contributed by atoms with Crippen molar-refractivity contribution in [3.8, 4) is 5.69 Å². The van der Waals surface area contributed by atoms with Gasteiger partial charge in [0.1, 0.15) is 0 Å². The minimum atomic E-state index is -4.49. The van der Waals surface area contributed by atoms with Crippen LogP contribution in [0.5, 0.6) is 0 Å². The summed E-state index contributed by atoms with van der Waals surface area (Å²) in [5, 5.41) is 6.20. The van der Waals surface area contributed by atoms with Crippen molar-refractivity contribution in [2.75, 3.05) is 5.32 Å². The Morgan fingerprint density at radius 2 is 1.92 bits per heavy atom. The first-order valence-corrected chi connectivity index (χ1v) is 6.94. The highest BCUT2D eigenvalue weighted by atomic mass is 19.4. The quantitative estimate of drug-likeness (QED) is 0.786. The number of aryl methyl sites for hydroxylation is 1. The smallest absolute Gasteiger partial charge is 0.435 e. The van der Waals surface area contributed by atoms with Gasteiger partial charge in [-0.25, -0.2) is 4.68 Å². The topological polar surface area (TPSA) is 60.1 Å². The minimum Gasteiger partial charge on any atom is -0.459 e. The van der Waals surface area contributed by atoms with Crippen molar-refractivity contribution in [3.63, 3.8) is 0 Å². The largest absolute Gasteiger partial charge is 0.459 e. The molecule has 1 amide bonds. The number of carbonyl (C=O) groups is 1. The number of amides is 1. The summed E-state index contributed by atoms with van der Waals surface area (Å²) < 4.78 is 44.3. The molecule has 1 N–H and O–H groups in total. The van der Waals surface area contributed by atoms with Gasteiger partial charge in [-0.15, -0.1) is 0 Å². The number of benzene rings is 1. The Morgan fingerprint density at radius 3 is 2.46 bits per heavy atom. The molecule has 0 saturated heterocycles. The molecule has 5 nitrogen and oxygen atoms in total. The number of halogens is 3. The Morgan fingerprint density at radius 1 is 1.21 bits per heavy atom. The number of hydrogen-bond donors (Lipinski definition) is 1. The van der Waals surface area contributed by atoms with E-state index in [1.54, 1.807) is 30.3 Å². The molecular weight excluding hydrogens is 323 g/mol. The predicted octanol–water partition coefficient (Wildman–Crippen LogP) is 4.04. The van der Waals surface area contributed by atoms with Crippen LogP contribution in [0.4, 0.5) is 18.9 Å². The molecule has 2 heterocycles. The number of hydrogen-bond acceptors (Lipinski definition) is 3. The molecule has 8 heteroatoms. The highest BCUT2D eigenvalue weighted by molar-refractivity contribution is 6.02. The van der Waals surface area contributed by atoms with Crippen LogP contribution in [0.2, 0.25) is 0 Å². The van der Waals surface area contributed by atoms with E-state index in [9.17, 15) is 18.0 Å². The molecule has 0 saturated carbocycles. The van der Waals surface area contributed by atoms with Crippen LogP contribution in [0.25, 0.3) is 5.69 Å². The molecule has 124 valence electrons. The van der Waals surface area contributed by atoms with Gasteiger partial charge >= 0.3 is 6.18 Å². The molecular formula is C16H12F3N3O2. The predicted molar refractivity (Wildman–Crippen MR) is 80.0 cm³/mol. The molecule has 0 aliphatic rings.